The minimum absolute atomic E-state index is 0.0673. The maximum Gasteiger partial charge on any atom is 0.313 e. The topological polar surface area (TPSA) is 100 Å². The molecule has 0 aliphatic heterocycles. The molecule has 3 N–H and O–H groups in total. The maximum absolute atomic E-state index is 12.9. The van der Waals surface area contributed by atoms with Crippen molar-refractivity contribution in [2.75, 3.05) is 5.32 Å². The average Bonchev–Trinajstić information content (AvgIpc) is 3.25. The molecule has 2 aromatic carbocycles. The zero-order valence-corrected chi connectivity index (χ0v) is 15.3. The minimum Gasteiger partial charge on any atom is -0.467 e. The Morgan fingerprint density at radius 2 is 1.59 bits per heavy atom. The van der Waals surface area contributed by atoms with E-state index in [-0.39, 0.29) is 30.2 Å². The second kappa shape index (κ2) is 9.32. The van der Waals surface area contributed by atoms with Crippen molar-refractivity contribution >= 4 is 23.4 Å². The summed E-state index contributed by atoms with van der Waals surface area (Å²) in [5.41, 5.74) is 1.05. The van der Waals surface area contributed by atoms with E-state index in [1.54, 1.807) is 24.3 Å². The molecule has 3 amide bonds. The van der Waals surface area contributed by atoms with E-state index in [1.807, 2.05) is 0 Å². The van der Waals surface area contributed by atoms with Crippen molar-refractivity contribution in [3.05, 3.63) is 89.6 Å². The van der Waals surface area contributed by atoms with Gasteiger partial charge in [0.1, 0.15) is 11.6 Å². The molecule has 0 atom stereocenters. The Kier molecular flexibility index (Phi) is 6.36. The Morgan fingerprint density at radius 1 is 0.828 bits per heavy atom. The van der Waals surface area contributed by atoms with Crippen LogP contribution in [0.25, 0.3) is 0 Å². The van der Waals surface area contributed by atoms with Crippen LogP contribution in [0.1, 0.15) is 21.7 Å². The second-order valence-corrected chi connectivity index (χ2v) is 6.07. The fourth-order valence-corrected chi connectivity index (χ4v) is 2.51. The zero-order chi connectivity index (χ0) is 20.6. The number of furan rings is 1. The standard InChI is InChI=1S/C21H18FN3O4/c22-15-9-7-14(8-10-15)12-23-20(27)21(28)25-18-6-2-1-5-17(18)19(26)24-13-16-4-3-11-29-16/h1-11H,12-13H2,(H,23,27)(H,24,26)(H,25,28). The molecule has 0 saturated carbocycles. The number of para-hydroxylation sites is 1. The number of amides is 3. The molecule has 8 heteroatoms. The first-order valence-corrected chi connectivity index (χ1v) is 8.76. The number of hydrogen-bond acceptors (Lipinski definition) is 4. The molecule has 29 heavy (non-hydrogen) atoms. The van der Waals surface area contributed by atoms with Crippen molar-refractivity contribution in [3.63, 3.8) is 0 Å². The third kappa shape index (κ3) is 5.52. The van der Waals surface area contributed by atoms with Gasteiger partial charge < -0.3 is 20.4 Å². The van der Waals surface area contributed by atoms with Crippen LogP contribution < -0.4 is 16.0 Å². The van der Waals surface area contributed by atoms with Gasteiger partial charge in [-0.3, -0.25) is 14.4 Å². The summed E-state index contributed by atoms with van der Waals surface area (Å²) in [6.45, 7) is 0.254. The molecule has 0 fully saturated rings. The van der Waals surface area contributed by atoms with Crippen LogP contribution in [0.4, 0.5) is 10.1 Å². The smallest absolute Gasteiger partial charge is 0.313 e. The lowest BCUT2D eigenvalue weighted by Gasteiger charge is -2.11. The first-order chi connectivity index (χ1) is 14.0. The van der Waals surface area contributed by atoms with E-state index in [4.69, 9.17) is 4.42 Å². The van der Waals surface area contributed by atoms with Crippen molar-refractivity contribution in [3.8, 4) is 0 Å². The fourth-order valence-electron chi connectivity index (χ4n) is 2.51. The molecule has 0 radical (unpaired) electrons. The number of carbonyl (C=O) groups is 3. The van der Waals surface area contributed by atoms with Crippen molar-refractivity contribution in [2.45, 2.75) is 13.1 Å². The van der Waals surface area contributed by atoms with Gasteiger partial charge in [-0.15, -0.1) is 0 Å². The van der Waals surface area contributed by atoms with E-state index < -0.39 is 17.7 Å². The lowest BCUT2D eigenvalue weighted by molar-refractivity contribution is -0.136. The highest BCUT2D eigenvalue weighted by molar-refractivity contribution is 6.40. The second-order valence-electron chi connectivity index (χ2n) is 6.07. The first kappa shape index (κ1) is 19.8. The van der Waals surface area contributed by atoms with E-state index in [9.17, 15) is 18.8 Å². The molecule has 0 aliphatic carbocycles. The lowest BCUT2D eigenvalue weighted by atomic mass is 10.1. The number of rotatable bonds is 6. The van der Waals surface area contributed by atoms with E-state index in [1.165, 1.54) is 42.7 Å². The summed E-state index contributed by atoms with van der Waals surface area (Å²) in [7, 11) is 0. The van der Waals surface area contributed by atoms with Crippen molar-refractivity contribution in [1.29, 1.82) is 0 Å². The number of anilines is 1. The number of halogens is 1. The van der Waals surface area contributed by atoms with Gasteiger partial charge in [0, 0.05) is 6.54 Å². The highest BCUT2D eigenvalue weighted by atomic mass is 19.1. The van der Waals surface area contributed by atoms with Gasteiger partial charge >= 0.3 is 11.8 Å². The summed E-state index contributed by atoms with van der Waals surface area (Å²) >= 11 is 0. The Labute approximate surface area is 165 Å². The quantitative estimate of drug-likeness (QED) is 0.559. The monoisotopic (exact) mass is 395 g/mol. The van der Waals surface area contributed by atoms with Crippen LogP contribution in [-0.4, -0.2) is 17.7 Å². The third-order valence-electron chi connectivity index (χ3n) is 4.00. The van der Waals surface area contributed by atoms with Crippen molar-refractivity contribution in [1.82, 2.24) is 10.6 Å². The number of carbonyl (C=O) groups excluding carboxylic acids is 3. The third-order valence-corrected chi connectivity index (χ3v) is 4.00. The minimum atomic E-state index is -0.918. The highest BCUT2D eigenvalue weighted by Gasteiger charge is 2.17. The molecule has 3 aromatic rings. The molecule has 1 heterocycles. The van der Waals surface area contributed by atoms with E-state index in [0.717, 1.165) is 0 Å². The lowest BCUT2D eigenvalue weighted by Crippen LogP contribution is -2.35. The van der Waals surface area contributed by atoms with Crippen LogP contribution >= 0.6 is 0 Å². The van der Waals surface area contributed by atoms with Gasteiger partial charge in [0.05, 0.1) is 24.1 Å². The average molecular weight is 395 g/mol. The predicted octanol–water partition coefficient (Wildman–Crippen LogP) is 2.60. The summed E-state index contributed by atoms with van der Waals surface area (Å²) in [6.07, 6.45) is 1.50. The molecule has 0 aliphatic rings. The molecule has 0 saturated heterocycles. The van der Waals surface area contributed by atoms with Crippen molar-refractivity contribution < 1.29 is 23.2 Å². The summed E-state index contributed by atoms with van der Waals surface area (Å²) in [5.74, 6) is -2.03. The Hall–Kier alpha value is -3.94. The van der Waals surface area contributed by atoms with Gasteiger partial charge in [0.2, 0.25) is 0 Å². The largest absolute Gasteiger partial charge is 0.467 e. The zero-order valence-electron chi connectivity index (χ0n) is 15.3. The number of hydrogen-bond donors (Lipinski definition) is 3. The molecule has 0 spiro atoms. The highest BCUT2D eigenvalue weighted by Crippen LogP contribution is 2.15. The number of benzene rings is 2. The SMILES string of the molecule is O=C(NCc1ccc(F)cc1)C(=O)Nc1ccccc1C(=O)NCc1ccco1. The van der Waals surface area contributed by atoms with Crippen LogP contribution in [0.15, 0.2) is 71.3 Å². The molecule has 0 bridgehead atoms. The first-order valence-electron chi connectivity index (χ1n) is 8.76. The van der Waals surface area contributed by atoms with Crippen molar-refractivity contribution in [2.24, 2.45) is 0 Å². The van der Waals surface area contributed by atoms with Crippen LogP contribution in [0.5, 0.6) is 0 Å². The molecular weight excluding hydrogens is 377 g/mol. The van der Waals surface area contributed by atoms with E-state index >= 15 is 0 Å². The van der Waals surface area contributed by atoms with Gasteiger partial charge in [0.25, 0.3) is 5.91 Å². The Morgan fingerprint density at radius 3 is 2.31 bits per heavy atom. The molecule has 1 aromatic heterocycles. The maximum atomic E-state index is 12.9. The van der Waals surface area contributed by atoms with Crippen LogP contribution in [-0.2, 0) is 22.7 Å². The van der Waals surface area contributed by atoms with Gasteiger partial charge in [-0.2, -0.15) is 0 Å². The van der Waals surface area contributed by atoms with Gasteiger partial charge in [-0.25, -0.2) is 4.39 Å². The molecule has 148 valence electrons. The van der Waals surface area contributed by atoms with Crippen LogP contribution in [0.3, 0.4) is 0 Å². The molecular formula is C21H18FN3O4. The normalized spacial score (nSPS) is 10.2. The molecule has 7 nitrogen and oxygen atoms in total. The molecule has 0 unspecified atom stereocenters. The van der Waals surface area contributed by atoms with Gasteiger partial charge in [-0.05, 0) is 42.0 Å². The van der Waals surface area contributed by atoms with Crippen LogP contribution in [0, 0.1) is 5.82 Å². The summed E-state index contributed by atoms with van der Waals surface area (Å²) in [6, 6.07) is 15.3. The molecule has 3 rings (SSSR count). The summed E-state index contributed by atoms with van der Waals surface area (Å²) in [4.78, 5) is 36.6. The van der Waals surface area contributed by atoms with Crippen LogP contribution in [0.2, 0.25) is 0 Å². The Bertz CT molecular complexity index is 1000. The summed E-state index contributed by atoms with van der Waals surface area (Å²) in [5, 5.41) is 7.56. The van der Waals surface area contributed by atoms with Gasteiger partial charge in [0.15, 0.2) is 0 Å². The number of nitrogens with one attached hydrogen (secondary N) is 3. The predicted molar refractivity (Wildman–Crippen MR) is 103 cm³/mol. The van der Waals surface area contributed by atoms with Gasteiger partial charge in [-0.1, -0.05) is 24.3 Å². The summed E-state index contributed by atoms with van der Waals surface area (Å²) < 4.78 is 18.1. The fraction of sp³-hybridized carbons (Fsp3) is 0.0952. The Balaban J connectivity index is 1.58. The van der Waals surface area contributed by atoms with E-state index in [0.29, 0.717) is 11.3 Å². The van der Waals surface area contributed by atoms with E-state index in [2.05, 4.69) is 16.0 Å².